The fourth-order valence-electron chi connectivity index (χ4n) is 1.03. The Bertz CT molecular complexity index is 245. The molecule has 1 aliphatic heterocycles. The fourth-order valence-corrected chi connectivity index (χ4v) is 1.03. The number of allylic oxidation sites excluding steroid dienone is 1. The average Bonchev–Trinajstić information content (AvgIpc) is 2.11. The smallest absolute Gasteiger partial charge is 0.438 e. The van der Waals surface area contributed by atoms with Crippen LogP contribution in [0.15, 0.2) is 12.3 Å². The van der Waals surface area contributed by atoms with Crippen molar-refractivity contribution in [2.75, 3.05) is 0 Å². The zero-order chi connectivity index (χ0) is 11.0. The van der Waals surface area contributed by atoms with Crippen molar-refractivity contribution in [1.29, 1.82) is 0 Å². The highest BCUT2D eigenvalue weighted by Crippen LogP contribution is 2.49. The summed E-state index contributed by atoms with van der Waals surface area (Å²) in [6, 6.07) is 0. The molecular formula is C7H6F6O. The van der Waals surface area contributed by atoms with Gasteiger partial charge in [0.05, 0.1) is 6.26 Å². The topological polar surface area (TPSA) is 9.23 Å². The summed E-state index contributed by atoms with van der Waals surface area (Å²) < 4.78 is 77.9. The van der Waals surface area contributed by atoms with Crippen molar-refractivity contribution >= 4 is 0 Å². The predicted octanol–water partition coefficient (Wildman–Crippen LogP) is 3.17. The molecule has 0 aromatic heterocycles. The first-order chi connectivity index (χ1) is 6.21. The van der Waals surface area contributed by atoms with Crippen LogP contribution in [-0.2, 0) is 4.74 Å². The predicted molar refractivity (Wildman–Crippen MR) is 34.3 cm³/mol. The van der Waals surface area contributed by atoms with Gasteiger partial charge in [0.25, 0.3) is 0 Å². The second-order valence-electron chi connectivity index (χ2n) is 2.84. The minimum atomic E-state index is -5.65. The highest BCUT2D eigenvalue weighted by atomic mass is 19.4. The van der Waals surface area contributed by atoms with Crippen LogP contribution in [0.5, 0.6) is 0 Å². The van der Waals surface area contributed by atoms with Crippen LogP contribution in [0.2, 0.25) is 0 Å². The first-order valence-electron chi connectivity index (χ1n) is 3.67. The van der Waals surface area contributed by atoms with E-state index in [9.17, 15) is 26.3 Å². The zero-order valence-corrected chi connectivity index (χ0v) is 6.74. The molecule has 1 atom stereocenters. The van der Waals surface area contributed by atoms with Gasteiger partial charge in [0.15, 0.2) is 0 Å². The second-order valence-corrected chi connectivity index (χ2v) is 2.84. The van der Waals surface area contributed by atoms with Gasteiger partial charge in [0.1, 0.15) is 0 Å². The maximum atomic E-state index is 13.1. The lowest BCUT2D eigenvalue weighted by Crippen LogP contribution is -2.55. The van der Waals surface area contributed by atoms with Crippen LogP contribution in [0, 0.1) is 0 Å². The van der Waals surface area contributed by atoms with Gasteiger partial charge < -0.3 is 4.74 Å². The molecule has 7 heteroatoms. The van der Waals surface area contributed by atoms with Gasteiger partial charge in [0.2, 0.25) is 0 Å². The van der Waals surface area contributed by atoms with E-state index in [1.807, 2.05) is 0 Å². The van der Waals surface area contributed by atoms with E-state index in [0.717, 1.165) is 6.08 Å². The quantitative estimate of drug-likeness (QED) is 0.569. The Hall–Kier alpha value is -0.880. The number of hydrogen-bond acceptors (Lipinski definition) is 1. The number of hydrogen-bond donors (Lipinski definition) is 0. The molecule has 0 fully saturated rings. The Morgan fingerprint density at radius 2 is 1.71 bits per heavy atom. The third-order valence-corrected chi connectivity index (χ3v) is 1.88. The summed E-state index contributed by atoms with van der Waals surface area (Å²) in [6.45, 7) is 0. The molecule has 1 heterocycles. The van der Waals surface area contributed by atoms with Gasteiger partial charge in [-0.1, -0.05) is 0 Å². The fraction of sp³-hybridized carbons (Fsp3) is 0.714. The molecule has 0 N–H and O–H groups in total. The Balaban J connectivity index is 3.06. The number of alkyl halides is 6. The van der Waals surface area contributed by atoms with Crippen molar-refractivity contribution in [2.45, 2.75) is 30.8 Å². The van der Waals surface area contributed by atoms with Gasteiger partial charge in [-0.25, -0.2) is 4.39 Å². The van der Waals surface area contributed by atoms with E-state index in [1.165, 1.54) is 0 Å². The summed E-state index contributed by atoms with van der Waals surface area (Å²) >= 11 is 0. The van der Waals surface area contributed by atoms with Crippen molar-refractivity contribution in [1.82, 2.24) is 0 Å². The standard InChI is InChI=1S/C7H6F6O/c8-5(6(9,10)11)3-1-2-4-14-7(5,12)13/h2,4H,1,3H2. The molecule has 0 bridgehead atoms. The van der Waals surface area contributed by atoms with Crippen molar-refractivity contribution in [3.05, 3.63) is 12.3 Å². The van der Waals surface area contributed by atoms with Crippen molar-refractivity contribution in [2.24, 2.45) is 0 Å². The summed E-state index contributed by atoms with van der Waals surface area (Å²) in [5, 5.41) is 0. The van der Waals surface area contributed by atoms with Crippen LogP contribution in [0.3, 0.4) is 0 Å². The van der Waals surface area contributed by atoms with Gasteiger partial charge in [-0.05, 0) is 12.5 Å². The molecule has 1 nitrogen and oxygen atoms in total. The molecule has 1 aliphatic rings. The van der Waals surface area contributed by atoms with Gasteiger partial charge >= 0.3 is 18.0 Å². The molecule has 82 valence electrons. The third kappa shape index (κ3) is 1.55. The SMILES string of the molecule is FC(F)(F)C1(F)CCC=COC1(F)F. The van der Waals surface area contributed by atoms with Crippen LogP contribution >= 0.6 is 0 Å². The normalized spacial score (nSPS) is 32.1. The maximum absolute atomic E-state index is 13.1. The number of ether oxygens (including phenoxy) is 1. The van der Waals surface area contributed by atoms with Crippen molar-refractivity contribution < 1.29 is 31.1 Å². The average molecular weight is 220 g/mol. The molecule has 0 aliphatic carbocycles. The van der Waals surface area contributed by atoms with Crippen LogP contribution in [-0.4, -0.2) is 18.0 Å². The summed E-state index contributed by atoms with van der Waals surface area (Å²) in [4.78, 5) is 0. The molecule has 14 heavy (non-hydrogen) atoms. The summed E-state index contributed by atoms with van der Waals surface area (Å²) in [7, 11) is 0. The van der Waals surface area contributed by atoms with Crippen LogP contribution in [0.1, 0.15) is 12.8 Å². The zero-order valence-electron chi connectivity index (χ0n) is 6.74. The van der Waals surface area contributed by atoms with E-state index in [0.29, 0.717) is 6.26 Å². The number of rotatable bonds is 0. The van der Waals surface area contributed by atoms with Gasteiger partial charge in [-0.15, -0.1) is 0 Å². The third-order valence-electron chi connectivity index (χ3n) is 1.88. The first-order valence-corrected chi connectivity index (χ1v) is 3.67. The van der Waals surface area contributed by atoms with Crippen LogP contribution in [0.25, 0.3) is 0 Å². The van der Waals surface area contributed by atoms with E-state index in [-0.39, 0.29) is 0 Å². The Labute approximate surface area is 75.3 Å². The summed E-state index contributed by atoms with van der Waals surface area (Å²) in [6.07, 6.45) is -11.0. The summed E-state index contributed by atoms with van der Waals surface area (Å²) in [5.41, 5.74) is -4.62. The molecule has 0 saturated heterocycles. The van der Waals surface area contributed by atoms with E-state index in [2.05, 4.69) is 4.74 Å². The van der Waals surface area contributed by atoms with Crippen LogP contribution < -0.4 is 0 Å². The lowest BCUT2D eigenvalue weighted by Gasteiger charge is -2.31. The highest BCUT2D eigenvalue weighted by Gasteiger charge is 2.72. The van der Waals surface area contributed by atoms with E-state index >= 15 is 0 Å². The molecule has 0 amide bonds. The van der Waals surface area contributed by atoms with Gasteiger partial charge in [0, 0.05) is 6.42 Å². The molecular weight excluding hydrogens is 214 g/mol. The molecule has 0 spiro atoms. The highest BCUT2D eigenvalue weighted by molar-refractivity contribution is 5.00. The molecule has 1 unspecified atom stereocenters. The molecule has 0 aromatic carbocycles. The lowest BCUT2D eigenvalue weighted by atomic mass is 9.98. The van der Waals surface area contributed by atoms with E-state index in [4.69, 9.17) is 0 Å². The lowest BCUT2D eigenvalue weighted by molar-refractivity contribution is -0.368. The van der Waals surface area contributed by atoms with Crippen molar-refractivity contribution in [3.63, 3.8) is 0 Å². The molecule has 1 rings (SSSR count). The molecule has 0 aromatic rings. The van der Waals surface area contributed by atoms with E-state index < -0.39 is 30.8 Å². The Morgan fingerprint density at radius 1 is 1.14 bits per heavy atom. The minimum Gasteiger partial charge on any atom is -0.438 e. The molecule has 0 radical (unpaired) electrons. The molecule has 0 saturated carbocycles. The maximum Gasteiger partial charge on any atom is 0.441 e. The Morgan fingerprint density at radius 3 is 2.21 bits per heavy atom. The summed E-state index contributed by atoms with van der Waals surface area (Å²) in [5.74, 6) is 0. The number of halogens is 6. The second kappa shape index (κ2) is 3.06. The van der Waals surface area contributed by atoms with Crippen molar-refractivity contribution in [3.8, 4) is 0 Å². The first kappa shape index (κ1) is 11.2. The largest absolute Gasteiger partial charge is 0.441 e. The monoisotopic (exact) mass is 220 g/mol. The van der Waals surface area contributed by atoms with E-state index in [1.54, 1.807) is 0 Å². The Kier molecular flexibility index (Phi) is 2.45. The van der Waals surface area contributed by atoms with Gasteiger partial charge in [-0.2, -0.15) is 22.0 Å². The minimum absolute atomic E-state index is 0.382. The van der Waals surface area contributed by atoms with Crippen LogP contribution in [0.4, 0.5) is 26.3 Å². The van der Waals surface area contributed by atoms with Gasteiger partial charge in [-0.3, -0.25) is 0 Å².